The number of nitrogens with zero attached hydrogens (tertiary/aromatic N) is 1. The Morgan fingerprint density at radius 3 is 2.83 bits per heavy atom. The summed E-state index contributed by atoms with van der Waals surface area (Å²) in [6.45, 7) is 0. The molecule has 0 aliphatic carbocycles. The van der Waals surface area contributed by atoms with Gasteiger partial charge in [0.15, 0.2) is 0 Å². The molecule has 1 aromatic heterocycles. The smallest absolute Gasteiger partial charge is 0.146 e. The van der Waals surface area contributed by atoms with Crippen molar-refractivity contribution >= 4 is 34.3 Å². The largest absolute Gasteiger partial charge is 0.298 e. The van der Waals surface area contributed by atoms with Gasteiger partial charge >= 0.3 is 0 Å². The van der Waals surface area contributed by atoms with Crippen LogP contribution in [0.15, 0.2) is 22.9 Å². The van der Waals surface area contributed by atoms with Gasteiger partial charge in [0.25, 0.3) is 0 Å². The second kappa shape index (κ2) is 4.62. The zero-order valence-electron chi connectivity index (χ0n) is 6.33. The van der Waals surface area contributed by atoms with Gasteiger partial charge in [0.05, 0.1) is 0 Å². The maximum atomic E-state index is 11.0. The molecule has 1 heterocycles. The zero-order valence-corrected chi connectivity index (χ0v) is 8.81. The first kappa shape index (κ1) is 9.74. The van der Waals surface area contributed by atoms with Gasteiger partial charge in [-0.05, 0) is 27.6 Å². The molecule has 0 aromatic carbocycles. The van der Waals surface area contributed by atoms with Crippen molar-refractivity contribution in [1.82, 2.24) is 4.98 Å². The van der Waals surface area contributed by atoms with Crippen molar-refractivity contribution in [2.45, 2.75) is 6.42 Å². The molecule has 0 saturated carbocycles. The van der Waals surface area contributed by atoms with Crippen molar-refractivity contribution in [3.63, 3.8) is 0 Å². The number of aromatic nitrogens is 1. The summed E-state index contributed by atoms with van der Waals surface area (Å²) in [7, 11) is 0. The topological polar surface area (TPSA) is 30.0 Å². The van der Waals surface area contributed by atoms with Gasteiger partial charge in [0, 0.05) is 18.4 Å². The number of rotatable bonds is 3. The molecule has 1 aromatic rings. The number of ketones is 1. The molecule has 64 valence electrons. The van der Waals surface area contributed by atoms with Gasteiger partial charge in [-0.25, -0.2) is 4.98 Å². The van der Waals surface area contributed by atoms with E-state index >= 15 is 0 Å². The molecule has 0 aliphatic heterocycles. The van der Waals surface area contributed by atoms with Crippen LogP contribution in [-0.4, -0.2) is 16.5 Å². The van der Waals surface area contributed by atoms with Crippen LogP contribution in [-0.2, 0) is 11.2 Å². The van der Waals surface area contributed by atoms with Gasteiger partial charge in [-0.15, -0.1) is 0 Å². The first-order valence-corrected chi connectivity index (χ1v) is 4.88. The lowest BCUT2D eigenvalue weighted by Crippen LogP contribution is -2.03. The molecule has 0 amide bonds. The number of thiol groups is 1. The summed E-state index contributed by atoms with van der Waals surface area (Å²) in [6.07, 6.45) is 2.11. The van der Waals surface area contributed by atoms with E-state index in [0.717, 1.165) is 10.2 Å². The fraction of sp³-hybridized carbons (Fsp3) is 0.250. The molecule has 0 bridgehead atoms. The third-order valence-corrected chi connectivity index (χ3v) is 2.19. The lowest BCUT2D eigenvalue weighted by Gasteiger charge is -1.97. The molecule has 0 radical (unpaired) electrons. The summed E-state index contributed by atoms with van der Waals surface area (Å²) in [4.78, 5) is 15.0. The van der Waals surface area contributed by atoms with Crippen molar-refractivity contribution in [3.05, 3.63) is 28.5 Å². The molecule has 2 nitrogen and oxygen atoms in total. The highest BCUT2D eigenvalue weighted by Gasteiger charge is 2.00. The Morgan fingerprint density at radius 2 is 2.33 bits per heavy atom. The SMILES string of the molecule is O=C(CS)Cc1ccc(Br)nc1. The van der Waals surface area contributed by atoms with E-state index in [1.54, 1.807) is 6.20 Å². The van der Waals surface area contributed by atoms with E-state index in [1.165, 1.54) is 0 Å². The summed E-state index contributed by atoms with van der Waals surface area (Å²) in [5.74, 6) is 0.401. The Kier molecular flexibility index (Phi) is 3.75. The first-order valence-electron chi connectivity index (χ1n) is 3.45. The highest BCUT2D eigenvalue weighted by Crippen LogP contribution is 2.07. The molecular formula is C8H8BrNOS. The number of halogens is 1. The van der Waals surface area contributed by atoms with Gasteiger partial charge in [0.2, 0.25) is 0 Å². The number of carbonyl (C=O) groups is 1. The third kappa shape index (κ3) is 2.95. The van der Waals surface area contributed by atoms with E-state index in [0.29, 0.717) is 6.42 Å². The third-order valence-electron chi connectivity index (χ3n) is 1.37. The van der Waals surface area contributed by atoms with Crippen LogP contribution < -0.4 is 0 Å². The van der Waals surface area contributed by atoms with E-state index in [4.69, 9.17) is 0 Å². The highest BCUT2D eigenvalue weighted by molar-refractivity contribution is 9.10. The molecule has 1 rings (SSSR count). The van der Waals surface area contributed by atoms with Crippen LogP contribution >= 0.6 is 28.6 Å². The fourth-order valence-electron chi connectivity index (χ4n) is 0.795. The second-order valence-electron chi connectivity index (χ2n) is 2.36. The van der Waals surface area contributed by atoms with Crippen LogP contribution in [0.25, 0.3) is 0 Å². The number of hydrogen-bond acceptors (Lipinski definition) is 3. The van der Waals surface area contributed by atoms with Crippen molar-refractivity contribution in [2.75, 3.05) is 5.75 Å². The van der Waals surface area contributed by atoms with Crippen LogP contribution in [0.4, 0.5) is 0 Å². The molecule has 0 fully saturated rings. The Morgan fingerprint density at radius 1 is 1.58 bits per heavy atom. The summed E-state index contributed by atoms with van der Waals surface area (Å²) in [6, 6.07) is 3.69. The van der Waals surface area contributed by atoms with Gasteiger partial charge in [-0.3, -0.25) is 4.79 Å². The van der Waals surface area contributed by atoms with Gasteiger partial charge in [-0.2, -0.15) is 12.6 Å². The molecule has 0 aliphatic rings. The minimum Gasteiger partial charge on any atom is -0.298 e. The number of Topliss-reactive ketones (excluding diaryl/α,β-unsaturated/α-hetero) is 1. The fourth-order valence-corrected chi connectivity index (χ4v) is 1.14. The maximum Gasteiger partial charge on any atom is 0.146 e. The minimum absolute atomic E-state index is 0.113. The van der Waals surface area contributed by atoms with E-state index in [2.05, 4.69) is 33.5 Å². The van der Waals surface area contributed by atoms with E-state index in [9.17, 15) is 4.79 Å². The van der Waals surface area contributed by atoms with Crippen LogP contribution in [0.2, 0.25) is 0 Å². The van der Waals surface area contributed by atoms with Gasteiger partial charge < -0.3 is 0 Å². The molecule has 0 unspecified atom stereocenters. The lowest BCUT2D eigenvalue weighted by molar-refractivity contribution is -0.115. The molecule has 12 heavy (non-hydrogen) atoms. The average molecular weight is 246 g/mol. The first-order chi connectivity index (χ1) is 5.72. The Labute approximate surface area is 84.9 Å². The van der Waals surface area contributed by atoms with Crippen LogP contribution in [0.3, 0.4) is 0 Å². The molecule has 4 heteroatoms. The van der Waals surface area contributed by atoms with Crippen molar-refractivity contribution < 1.29 is 4.79 Å². The standard InChI is InChI=1S/C8H8BrNOS/c9-8-2-1-6(4-10-8)3-7(11)5-12/h1-2,4,12H,3,5H2. The van der Waals surface area contributed by atoms with Crippen LogP contribution in [0.1, 0.15) is 5.56 Å². The minimum atomic E-state index is 0.113. The average Bonchev–Trinajstić information content (AvgIpc) is 2.09. The highest BCUT2D eigenvalue weighted by atomic mass is 79.9. The predicted molar refractivity (Wildman–Crippen MR) is 54.5 cm³/mol. The summed E-state index contributed by atoms with van der Waals surface area (Å²) < 4.78 is 0.782. The van der Waals surface area contributed by atoms with Crippen molar-refractivity contribution in [2.24, 2.45) is 0 Å². The Bertz CT molecular complexity index is 273. The summed E-state index contributed by atoms with van der Waals surface area (Å²) in [5, 5.41) is 0. The zero-order chi connectivity index (χ0) is 8.97. The van der Waals surface area contributed by atoms with E-state index in [-0.39, 0.29) is 11.5 Å². The molecular weight excluding hydrogens is 238 g/mol. The van der Waals surface area contributed by atoms with Crippen LogP contribution in [0, 0.1) is 0 Å². The van der Waals surface area contributed by atoms with Crippen LogP contribution in [0.5, 0.6) is 0 Å². The summed E-state index contributed by atoms with van der Waals surface area (Å²) in [5.41, 5.74) is 0.928. The number of carbonyl (C=O) groups excluding carboxylic acids is 1. The predicted octanol–water partition coefficient (Wildman–Crippen LogP) is 1.89. The monoisotopic (exact) mass is 245 g/mol. The van der Waals surface area contributed by atoms with Gasteiger partial charge in [0.1, 0.15) is 10.4 Å². The van der Waals surface area contributed by atoms with Crippen molar-refractivity contribution in [1.29, 1.82) is 0 Å². The number of hydrogen-bond donors (Lipinski definition) is 1. The molecule has 0 atom stereocenters. The van der Waals surface area contributed by atoms with Crippen molar-refractivity contribution in [3.8, 4) is 0 Å². The Hall–Kier alpha value is -0.350. The normalized spacial score (nSPS) is 9.83. The lowest BCUT2D eigenvalue weighted by atomic mass is 10.2. The number of pyridine rings is 1. The quantitative estimate of drug-likeness (QED) is 0.652. The van der Waals surface area contributed by atoms with E-state index < -0.39 is 0 Å². The maximum absolute atomic E-state index is 11.0. The molecule has 0 saturated heterocycles. The summed E-state index contributed by atoms with van der Waals surface area (Å²) >= 11 is 7.10. The molecule has 0 spiro atoms. The second-order valence-corrected chi connectivity index (χ2v) is 3.49. The van der Waals surface area contributed by atoms with E-state index in [1.807, 2.05) is 12.1 Å². The Balaban J connectivity index is 2.64. The molecule has 0 N–H and O–H groups in total. The van der Waals surface area contributed by atoms with Gasteiger partial charge in [-0.1, -0.05) is 6.07 Å².